The number of hydrogen-bond donors (Lipinski definition) is 1. The standard InChI is InChI=1S/C9H13NO3.H2O/c1-5(2)4-9-6(13-8(9)12)3-7(11)10-9;/h5-6H,3-4H2,1-2H3,(H,10,11);1H2/t6-,9+;/m0./s1. The number of carbonyl (C=O) groups excluding carboxylic acids is 2. The molecule has 2 atom stereocenters. The number of nitrogens with one attached hydrogen (secondary N) is 1. The smallest absolute Gasteiger partial charge is 0.336 e. The van der Waals surface area contributed by atoms with E-state index in [2.05, 4.69) is 5.32 Å². The van der Waals surface area contributed by atoms with Crippen molar-refractivity contribution in [1.29, 1.82) is 0 Å². The number of hydrogen-bond acceptors (Lipinski definition) is 3. The molecule has 0 aromatic heterocycles. The molecule has 2 aliphatic heterocycles. The van der Waals surface area contributed by atoms with Crippen LogP contribution in [-0.4, -0.2) is 29.0 Å². The van der Waals surface area contributed by atoms with Gasteiger partial charge in [-0.3, -0.25) is 4.79 Å². The summed E-state index contributed by atoms with van der Waals surface area (Å²) in [6.45, 7) is 4.06. The van der Waals surface area contributed by atoms with Crippen LogP contribution in [0, 0.1) is 5.92 Å². The summed E-state index contributed by atoms with van der Waals surface area (Å²) in [5.41, 5.74) is -0.675. The largest absolute Gasteiger partial charge is 0.457 e. The minimum Gasteiger partial charge on any atom is -0.457 e. The molecule has 0 saturated carbocycles. The maximum Gasteiger partial charge on any atom is 0.336 e. The van der Waals surface area contributed by atoms with Gasteiger partial charge in [0.1, 0.15) is 6.10 Å². The molecule has 2 saturated heterocycles. The number of amides is 1. The Morgan fingerprint density at radius 1 is 1.57 bits per heavy atom. The molecule has 0 unspecified atom stereocenters. The maximum atomic E-state index is 11.3. The normalized spacial score (nSPS) is 34.1. The minimum absolute atomic E-state index is 0. The van der Waals surface area contributed by atoms with Crippen molar-refractivity contribution in [3.63, 3.8) is 0 Å². The first-order valence-electron chi connectivity index (χ1n) is 4.57. The Morgan fingerprint density at radius 3 is 2.64 bits per heavy atom. The first-order chi connectivity index (χ1) is 6.04. The molecule has 5 heteroatoms. The highest BCUT2D eigenvalue weighted by Crippen LogP contribution is 2.39. The molecule has 0 aromatic rings. The fraction of sp³-hybridized carbons (Fsp3) is 0.778. The second-order valence-corrected chi connectivity index (χ2v) is 4.22. The minimum atomic E-state index is -0.675. The second kappa shape index (κ2) is 3.24. The Balaban J connectivity index is 0.000000980. The predicted molar refractivity (Wildman–Crippen MR) is 48.4 cm³/mol. The molecule has 2 rings (SSSR count). The van der Waals surface area contributed by atoms with Crippen molar-refractivity contribution in [2.45, 2.75) is 38.3 Å². The van der Waals surface area contributed by atoms with E-state index in [1.807, 2.05) is 13.8 Å². The first-order valence-corrected chi connectivity index (χ1v) is 4.57. The molecule has 80 valence electrons. The molecule has 0 radical (unpaired) electrons. The van der Waals surface area contributed by atoms with Crippen molar-refractivity contribution >= 4 is 11.9 Å². The van der Waals surface area contributed by atoms with E-state index in [9.17, 15) is 9.59 Å². The molecule has 2 fully saturated rings. The number of rotatable bonds is 2. The number of fused-ring (bicyclic) bond motifs is 1. The van der Waals surface area contributed by atoms with Crippen LogP contribution in [-0.2, 0) is 14.3 Å². The lowest BCUT2D eigenvalue weighted by atomic mass is 9.81. The SMILES string of the molecule is CC(C)C[C@@]12NC(=O)C[C@@H]1OC2=O.O. The molecular weight excluding hydrogens is 186 g/mol. The highest BCUT2D eigenvalue weighted by atomic mass is 16.6. The first kappa shape index (κ1) is 11.0. The third kappa shape index (κ3) is 1.28. The van der Waals surface area contributed by atoms with Gasteiger partial charge in [-0.15, -0.1) is 0 Å². The molecule has 0 spiro atoms. The summed E-state index contributed by atoms with van der Waals surface area (Å²) in [5.74, 6) is 0.0438. The van der Waals surface area contributed by atoms with Crippen LogP contribution in [0.15, 0.2) is 0 Å². The van der Waals surface area contributed by atoms with Gasteiger partial charge < -0.3 is 15.5 Å². The van der Waals surface area contributed by atoms with E-state index in [1.54, 1.807) is 0 Å². The summed E-state index contributed by atoms with van der Waals surface area (Å²) in [6, 6.07) is 0. The van der Waals surface area contributed by atoms with Crippen LogP contribution in [0.2, 0.25) is 0 Å². The summed E-state index contributed by atoms with van der Waals surface area (Å²) in [5, 5.41) is 2.73. The summed E-state index contributed by atoms with van der Waals surface area (Å²) in [4.78, 5) is 22.4. The van der Waals surface area contributed by atoms with E-state index in [1.165, 1.54) is 0 Å². The Kier molecular flexibility index (Phi) is 2.54. The summed E-state index contributed by atoms with van der Waals surface area (Å²) in [7, 11) is 0. The monoisotopic (exact) mass is 201 g/mol. The Bertz CT molecular complexity index is 276. The Morgan fingerprint density at radius 2 is 2.21 bits per heavy atom. The van der Waals surface area contributed by atoms with Gasteiger partial charge >= 0.3 is 5.97 Å². The van der Waals surface area contributed by atoms with Crippen molar-refractivity contribution in [1.82, 2.24) is 5.32 Å². The molecule has 5 nitrogen and oxygen atoms in total. The molecule has 2 aliphatic rings. The van der Waals surface area contributed by atoms with E-state index >= 15 is 0 Å². The van der Waals surface area contributed by atoms with Gasteiger partial charge in [0.15, 0.2) is 5.54 Å². The lowest BCUT2D eigenvalue weighted by Crippen LogP contribution is -2.66. The Hall–Kier alpha value is -1.10. The molecule has 0 aliphatic carbocycles. The summed E-state index contributed by atoms with van der Waals surface area (Å²) < 4.78 is 4.92. The van der Waals surface area contributed by atoms with E-state index < -0.39 is 5.54 Å². The van der Waals surface area contributed by atoms with Crippen molar-refractivity contribution < 1.29 is 19.8 Å². The van der Waals surface area contributed by atoms with Crippen molar-refractivity contribution in [3.05, 3.63) is 0 Å². The number of ether oxygens (including phenoxy) is 1. The van der Waals surface area contributed by atoms with Crippen LogP contribution >= 0.6 is 0 Å². The number of esters is 1. The van der Waals surface area contributed by atoms with Gasteiger partial charge in [0.05, 0.1) is 6.42 Å². The molecule has 3 N–H and O–H groups in total. The second-order valence-electron chi connectivity index (χ2n) is 4.22. The topological polar surface area (TPSA) is 86.9 Å². The van der Waals surface area contributed by atoms with Crippen LogP contribution in [0.5, 0.6) is 0 Å². The van der Waals surface area contributed by atoms with Crippen molar-refractivity contribution in [2.24, 2.45) is 5.92 Å². The fourth-order valence-corrected chi connectivity index (χ4v) is 2.13. The summed E-state index contributed by atoms with van der Waals surface area (Å²) >= 11 is 0. The van der Waals surface area contributed by atoms with Crippen LogP contribution in [0.3, 0.4) is 0 Å². The third-order valence-corrected chi connectivity index (χ3v) is 2.63. The quantitative estimate of drug-likeness (QED) is 0.605. The van der Waals surface area contributed by atoms with Crippen molar-refractivity contribution in [3.8, 4) is 0 Å². The zero-order chi connectivity index (χ0) is 9.64. The van der Waals surface area contributed by atoms with Crippen LogP contribution in [0.4, 0.5) is 0 Å². The molecular formula is C9H15NO4. The lowest BCUT2D eigenvalue weighted by Gasteiger charge is -2.42. The van der Waals surface area contributed by atoms with E-state index in [4.69, 9.17) is 4.74 Å². The number of carbonyl (C=O) groups is 2. The Labute approximate surface area is 82.1 Å². The zero-order valence-corrected chi connectivity index (χ0v) is 8.29. The highest BCUT2D eigenvalue weighted by Gasteiger charge is 2.63. The molecule has 0 bridgehead atoms. The molecule has 2 heterocycles. The van der Waals surface area contributed by atoms with Crippen LogP contribution < -0.4 is 5.32 Å². The molecule has 1 amide bonds. The predicted octanol–water partition coefficient (Wildman–Crippen LogP) is -0.608. The fourth-order valence-electron chi connectivity index (χ4n) is 2.13. The highest BCUT2D eigenvalue weighted by molar-refractivity contribution is 5.98. The van der Waals surface area contributed by atoms with Crippen LogP contribution in [0.25, 0.3) is 0 Å². The third-order valence-electron chi connectivity index (χ3n) is 2.63. The van der Waals surface area contributed by atoms with Gasteiger partial charge in [-0.2, -0.15) is 0 Å². The maximum absolute atomic E-state index is 11.3. The van der Waals surface area contributed by atoms with E-state index in [0.717, 1.165) is 0 Å². The molecule has 14 heavy (non-hydrogen) atoms. The van der Waals surface area contributed by atoms with E-state index in [0.29, 0.717) is 18.8 Å². The van der Waals surface area contributed by atoms with Gasteiger partial charge in [-0.25, -0.2) is 4.79 Å². The van der Waals surface area contributed by atoms with Gasteiger partial charge in [-0.1, -0.05) is 13.8 Å². The van der Waals surface area contributed by atoms with E-state index in [-0.39, 0.29) is 23.5 Å². The zero-order valence-electron chi connectivity index (χ0n) is 8.29. The van der Waals surface area contributed by atoms with Gasteiger partial charge in [0, 0.05) is 0 Å². The van der Waals surface area contributed by atoms with Gasteiger partial charge in [0.2, 0.25) is 5.91 Å². The molecule has 0 aromatic carbocycles. The van der Waals surface area contributed by atoms with Gasteiger partial charge in [0.25, 0.3) is 0 Å². The van der Waals surface area contributed by atoms with Crippen molar-refractivity contribution in [2.75, 3.05) is 0 Å². The summed E-state index contributed by atoms with van der Waals surface area (Å²) in [6.07, 6.45) is 0.802. The lowest BCUT2D eigenvalue weighted by molar-refractivity contribution is -0.189. The average Bonchev–Trinajstić information content (AvgIpc) is 2.24. The average molecular weight is 201 g/mol. The van der Waals surface area contributed by atoms with Gasteiger partial charge in [-0.05, 0) is 12.3 Å². The van der Waals surface area contributed by atoms with Crippen LogP contribution in [0.1, 0.15) is 26.7 Å².